The molecule has 0 unspecified atom stereocenters. The second-order valence-corrected chi connectivity index (χ2v) is 9.53. The van der Waals surface area contributed by atoms with E-state index in [4.69, 9.17) is 14.2 Å². The van der Waals surface area contributed by atoms with Crippen LogP contribution in [0.3, 0.4) is 0 Å². The molecule has 0 atom stereocenters. The molecule has 0 aliphatic carbocycles. The molecule has 1 aromatic heterocycles. The second kappa shape index (κ2) is 10.3. The Morgan fingerprint density at radius 3 is 2.24 bits per heavy atom. The lowest BCUT2D eigenvalue weighted by Gasteiger charge is -2.34. The molecular formula is C24H28N4O5S. The molecule has 10 heteroatoms. The highest BCUT2D eigenvalue weighted by Gasteiger charge is 2.31. The van der Waals surface area contributed by atoms with Gasteiger partial charge in [0.25, 0.3) is 0 Å². The molecule has 9 nitrogen and oxygen atoms in total. The monoisotopic (exact) mass is 484 g/mol. The van der Waals surface area contributed by atoms with Crippen LogP contribution in [0.1, 0.15) is 6.92 Å². The van der Waals surface area contributed by atoms with E-state index in [-0.39, 0.29) is 4.90 Å². The van der Waals surface area contributed by atoms with Crippen LogP contribution < -0.4 is 19.1 Å². The van der Waals surface area contributed by atoms with Crippen molar-refractivity contribution in [1.82, 2.24) is 14.3 Å². The van der Waals surface area contributed by atoms with Gasteiger partial charge in [-0.2, -0.15) is 4.31 Å². The summed E-state index contributed by atoms with van der Waals surface area (Å²) >= 11 is 0. The summed E-state index contributed by atoms with van der Waals surface area (Å²) in [6.45, 7) is 4.22. The van der Waals surface area contributed by atoms with Gasteiger partial charge in [-0.25, -0.2) is 18.4 Å². The summed E-state index contributed by atoms with van der Waals surface area (Å²) in [7, 11) is -0.792. The number of piperazine rings is 1. The van der Waals surface area contributed by atoms with Crippen LogP contribution in [0.15, 0.2) is 59.8 Å². The lowest BCUT2D eigenvalue weighted by molar-refractivity contribution is 0.340. The summed E-state index contributed by atoms with van der Waals surface area (Å²) < 4.78 is 44.1. The molecular weight excluding hydrogens is 456 g/mol. The molecule has 0 amide bonds. The maximum atomic E-state index is 13.3. The quantitative estimate of drug-likeness (QED) is 0.482. The van der Waals surface area contributed by atoms with Gasteiger partial charge in [0.15, 0.2) is 0 Å². The van der Waals surface area contributed by atoms with E-state index in [0.29, 0.717) is 44.3 Å². The number of sulfonamides is 1. The molecule has 0 spiro atoms. The number of ether oxygens (including phenoxy) is 3. The summed E-state index contributed by atoms with van der Waals surface area (Å²) in [5.41, 5.74) is 1.75. The van der Waals surface area contributed by atoms with E-state index in [0.717, 1.165) is 22.8 Å². The highest BCUT2D eigenvalue weighted by Crippen LogP contribution is 2.31. The number of hydrogen-bond acceptors (Lipinski definition) is 8. The number of nitrogens with zero attached hydrogens (tertiary/aromatic N) is 4. The molecule has 0 saturated carbocycles. The summed E-state index contributed by atoms with van der Waals surface area (Å²) in [4.78, 5) is 11.0. The van der Waals surface area contributed by atoms with Gasteiger partial charge in [-0.15, -0.1) is 0 Å². The molecule has 34 heavy (non-hydrogen) atoms. The van der Waals surface area contributed by atoms with Gasteiger partial charge in [0.2, 0.25) is 10.0 Å². The van der Waals surface area contributed by atoms with Crippen molar-refractivity contribution in [3.8, 4) is 28.5 Å². The summed E-state index contributed by atoms with van der Waals surface area (Å²) in [6, 6.07) is 14.4. The molecule has 1 fully saturated rings. The molecule has 4 rings (SSSR count). The summed E-state index contributed by atoms with van der Waals surface area (Å²) in [6.07, 6.45) is 1.53. The smallest absolute Gasteiger partial charge is 0.247 e. The minimum atomic E-state index is -3.75. The average molecular weight is 485 g/mol. The highest BCUT2D eigenvalue weighted by atomic mass is 32.2. The summed E-state index contributed by atoms with van der Waals surface area (Å²) in [5.74, 6) is 2.32. The fourth-order valence-corrected chi connectivity index (χ4v) is 5.44. The average Bonchev–Trinajstić information content (AvgIpc) is 2.89. The molecule has 1 aliphatic heterocycles. The Hall–Kier alpha value is -3.37. The lowest BCUT2D eigenvalue weighted by Crippen LogP contribution is -2.49. The molecule has 180 valence electrons. The number of hydrogen-bond donors (Lipinski definition) is 0. The van der Waals surface area contributed by atoms with E-state index >= 15 is 0 Å². The SMILES string of the molecule is CCOc1ccc(-c2cc(N3CCN(S(=O)(=O)c4cc(OC)ccc4OC)CC3)ncn2)cc1. The summed E-state index contributed by atoms with van der Waals surface area (Å²) in [5, 5.41) is 0. The van der Waals surface area contributed by atoms with Crippen LogP contribution in [0.4, 0.5) is 5.82 Å². The van der Waals surface area contributed by atoms with E-state index in [1.165, 1.54) is 30.9 Å². The van der Waals surface area contributed by atoms with Crippen LogP contribution in [0, 0.1) is 0 Å². The van der Waals surface area contributed by atoms with Gasteiger partial charge in [-0.1, -0.05) is 0 Å². The van der Waals surface area contributed by atoms with Crippen molar-refractivity contribution in [1.29, 1.82) is 0 Å². The Kier molecular flexibility index (Phi) is 7.18. The maximum Gasteiger partial charge on any atom is 0.247 e. The van der Waals surface area contributed by atoms with Crippen molar-refractivity contribution in [3.05, 3.63) is 54.9 Å². The second-order valence-electron chi connectivity index (χ2n) is 7.63. The van der Waals surface area contributed by atoms with Crippen molar-refractivity contribution in [2.75, 3.05) is 51.9 Å². The fraction of sp³-hybridized carbons (Fsp3) is 0.333. The van der Waals surface area contributed by atoms with Gasteiger partial charge in [-0.05, 0) is 43.3 Å². The van der Waals surface area contributed by atoms with Crippen molar-refractivity contribution >= 4 is 15.8 Å². The zero-order valence-electron chi connectivity index (χ0n) is 19.5. The Morgan fingerprint density at radius 1 is 0.882 bits per heavy atom. The van der Waals surface area contributed by atoms with E-state index in [1.54, 1.807) is 12.1 Å². The van der Waals surface area contributed by atoms with E-state index in [9.17, 15) is 8.42 Å². The molecule has 2 aromatic carbocycles. The predicted octanol–water partition coefficient (Wildman–Crippen LogP) is 3.07. The van der Waals surface area contributed by atoms with Crippen LogP contribution in [0.5, 0.6) is 17.2 Å². The fourth-order valence-electron chi connectivity index (χ4n) is 3.85. The molecule has 2 heterocycles. The first-order valence-corrected chi connectivity index (χ1v) is 12.4. The minimum absolute atomic E-state index is 0.0996. The van der Waals surface area contributed by atoms with Gasteiger partial charge in [-0.3, -0.25) is 0 Å². The van der Waals surface area contributed by atoms with Crippen molar-refractivity contribution < 1.29 is 22.6 Å². The van der Waals surface area contributed by atoms with Gasteiger partial charge in [0, 0.05) is 43.9 Å². The minimum Gasteiger partial charge on any atom is -0.497 e. The standard InChI is InChI=1S/C24H28N4O5S/c1-4-33-19-7-5-18(6-8-19)21-16-24(26-17-25-21)27-11-13-28(14-12-27)34(29,30)23-15-20(31-2)9-10-22(23)32-3/h5-10,15-17H,4,11-14H2,1-3H3. The van der Waals surface area contributed by atoms with Crippen molar-refractivity contribution in [2.45, 2.75) is 11.8 Å². The number of aromatic nitrogens is 2. The third-order valence-electron chi connectivity index (χ3n) is 5.66. The topological polar surface area (TPSA) is 94.1 Å². The normalized spacial score (nSPS) is 14.6. The Bertz CT molecular complexity index is 1230. The Balaban J connectivity index is 1.48. The van der Waals surface area contributed by atoms with Gasteiger partial charge >= 0.3 is 0 Å². The third kappa shape index (κ3) is 4.92. The number of rotatable bonds is 8. The van der Waals surface area contributed by atoms with Crippen LogP contribution in [0.25, 0.3) is 11.3 Å². The van der Waals surface area contributed by atoms with Crippen LogP contribution in [-0.2, 0) is 10.0 Å². The van der Waals surface area contributed by atoms with Gasteiger partial charge in [0.05, 0.1) is 26.5 Å². The lowest BCUT2D eigenvalue weighted by atomic mass is 10.1. The number of benzene rings is 2. The molecule has 0 bridgehead atoms. The highest BCUT2D eigenvalue weighted by molar-refractivity contribution is 7.89. The molecule has 1 aliphatic rings. The van der Waals surface area contributed by atoms with Crippen LogP contribution in [0.2, 0.25) is 0 Å². The van der Waals surface area contributed by atoms with Crippen LogP contribution in [-0.4, -0.2) is 69.7 Å². The van der Waals surface area contributed by atoms with Gasteiger partial charge < -0.3 is 19.1 Å². The zero-order chi connectivity index (χ0) is 24.1. The Labute approximate surface area is 200 Å². The first-order chi connectivity index (χ1) is 16.5. The van der Waals surface area contributed by atoms with Gasteiger partial charge in [0.1, 0.15) is 34.3 Å². The zero-order valence-corrected chi connectivity index (χ0v) is 20.3. The maximum absolute atomic E-state index is 13.3. The molecule has 3 aromatic rings. The predicted molar refractivity (Wildman–Crippen MR) is 129 cm³/mol. The molecule has 0 radical (unpaired) electrons. The first kappa shape index (κ1) is 23.8. The largest absolute Gasteiger partial charge is 0.497 e. The van der Waals surface area contributed by atoms with E-state index in [1.807, 2.05) is 37.3 Å². The third-order valence-corrected chi connectivity index (χ3v) is 7.58. The van der Waals surface area contributed by atoms with E-state index in [2.05, 4.69) is 14.9 Å². The van der Waals surface area contributed by atoms with Crippen LogP contribution >= 0.6 is 0 Å². The Morgan fingerprint density at radius 2 is 1.59 bits per heavy atom. The van der Waals surface area contributed by atoms with Crippen molar-refractivity contribution in [2.24, 2.45) is 0 Å². The first-order valence-electron chi connectivity index (χ1n) is 11.0. The molecule has 1 saturated heterocycles. The van der Waals surface area contributed by atoms with E-state index < -0.39 is 10.0 Å². The van der Waals surface area contributed by atoms with Crippen molar-refractivity contribution in [3.63, 3.8) is 0 Å². The number of methoxy groups -OCH3 is 2. The molecule has 0 N–H and O–H groups in total. The number of anilines is 1.